The van der Waals surface area contributed by atoms with E-state index in [-0.39, 0.29) is 21.0 Å². The predicted octanol–water partition coefficient (Wildman–Crippen LogP) is 4.15. The van der Waals surface area contributed by atoms with Crippen molar-refractivity contribution in [1.82, 2.24) is 10.2 Å². The van der Waals surface area contributed by atoms with Crippen LogP contribution < -0.4 is 15.4 Å². The molecule has 13 heteroatoms. The zero-order chi connectivity index (χ0) is 23.3. The molecular weight excluding hydrogens is 494 g/mol. The van der Waals surface area contributed by atoms with E-state index in [1.54, 1.807) is 18.2 Å². The molecule has 3 N–H and O–H groups in total. The molecule has 0 atom stereocenters. The van der Waals surface area contributed by atoms with Crippen molar-refractivity contribution < 1.29 is 17.9 Å². The van der Waals surface area contributed by atoms with Crippen molar-refractivity contribution in [1.29, 1.82) is 0 Å². The van der Waals surface area contributed by atoms with E-state index in [0.717, 1.165) is 11.3 Å². The molecule has 0 amide bonds. The van der Waals surface area contributed by atoms with Gasteiger partial charge >= 0.3 is 5.97 Å². The molecule has 2 heterocycles. The summed E-state index contributed by atoms with van der Waals surface area (Å²) in [7, 11) is -2.54. The first-order valence-electron chi connectivity index (χ1n) is 9.13. The van der Waals surface area contributed by atoms with Crippen LogP contribution in [-0.4, -0.2) is 36.8 Å². The van der Waals surface area contributed by atoms with E-state index in [2.05, 4.69) is 25.6 Å². The first-order valence-corrected chi connectivity index (χ1v) is 12.2. The number of hydrogen-bond acceptors (Lipinski definition) is 8. The largest absolute Gasteiger partial charge is 0.465 e. The van der Waals surface area contributed by atoms with Crippen molar-refractivity contribution in [2.75, 3.05) is 22.5 Å². The highest BCUT2D eigenvalue weighted by molar-refractivity contribution is 7.92. The van der Waals surface area contributed by atoms with Crippen LogP contribution >= 0.6 is 35.2 Å². The summed E-state index contributed by atoms with van der Waals surface area (Å²) in [5, 5.41) is 14.2. The van der Waals surface area contributed by atoms with Crippen LogP contribution in [0.4, 0.5) is 16.5 Å². The zero-order valence-corrected chi connectivity index (χ0v) is 20.1. The lowest BCUT2D eigenvalue weighted by Crippen LogP contribution is -2.20. The van der Waals surface area contributed by atoms with E-state index < -0.39 is 16.0 Å². The van der Waals surface area contributed by atoms with Gasteiger partial charge < -0.3 is 15.4 Å². The van der Waals surface area contributed by atoms with Gasteiger partial charge in [0.2, 0.25) is 0 Å². The molecule has 168 valence electrons. The van der Waals surface area contributed by atoms with Crippen LogP contribution in [0.1, 0.15) is 22.2 Å². The van der Waals surface area contributed by atoms with Gasteiger partial charge in [-0.3, -0.25) is 4.72 Å². The average molecular weight is 512 g/mol. The Hall–Kier alpha value is -2.80. The van der Waals surface area contributed by atoms with E-state index in [1.807, 2.05) is 6.92 Å². The fraction of sp³-hybridized carbons (Fsp3) is 0.158. The van der Waals surface area contributed by atoms with Gasteiger partial charge in [0.1, 0.15) is 5.00 Å². The Morgan fingerprint density at radius 2 is 1.88 bits per heavy atom. The molecule has 0 aliphatic carbocycles. The fourth-order valence-corrected chi connectivity index (χ4v) is 4.89. The predicted molar refractivity (Wildman–Crippen MR) is 129 cm³/mol. The standard InChI is InChI=1S/C19H18ClN5O4S3/c1-3-12-10-14(18(26)29-2)17(31-12)22-19(30)21-11-4-6-13(7-5-11)32(27,28)25-16-9-8-15(20)23-24-16/h4-10H,3H2,1-2H3,(H,24,25)(H2,21,22,30). The first kappa shape index (κ1) is 23.9. The van der Waals surface area contributed by atoms with Crippen LogP contribution in [0.15, 0.2) is 47.4 Å². The van der Waals surface area contributed by atoms with Gasteiger partial charge in [-0.2, -0.15) is 0 Å². The number of benzene rings is 1. The van der Waals surface area contributed by atoms with Crippen molar-refractivity contribution in [3.05, 3.63) is 58.1 Å². The maximum Gasteiger partial charge on any atom is 0.340 e. The Kier molecular flexibility index (Phi) is 7.61. The number of hydrogen-bond donors (Lipinski definition) is 3. The molecule has 2 aromatic heterocycles. The van der Waals surface area contributed by atoms with Gasteiger partial charge in [0.15, 0.2) is 16.1 Å². The molecule has 3 aromatic rings. The second-order valence-electron chi connectivity index (χ2n) is 6.25. The van der Waals surface area contributed by atoms with E-state index >= 15 is 0 Å². The highest BCUT2D eigenvalue weighted by Gasteiger charge is 2.18. The number of anilines is 3. The Balaban J connectivity index is 1.68. The summed E-state index contributed by atoms with van der Waals surface area (Å²) in [4.78, 5) is 13.0. The summed E-state index contributed by atoms with van der Waals surface area (Å²) < 4.78 is 32.2. The lowest BCUT2D eigenvalue weighted by Gasteiger charge is -2.11. The zero-order valence-electron chi connectivity index (χ0n) is 16.9. The topological polar surface area (TPSA) is 122 Å². The minimum absolute atomic E-state index is 0.0255. The molecule has 32 heavy (non-hydrogen) atoms. The number of esters is 1. The molecule has 0 saturated carbocycles. The molecule has 0 aliphatic heterocycles. The number of aryl methyl sites for hydroxylation is 1. The summed E-state index contributed by atoms with van der Waals surface area (Å²) in [6.45, 7) is 1.98. The number of nitrogens with zero attached hydrogens (tertiary/aromatic N) is 2. The minimum atomic E-state index is -3.86. The number of methoxy groups -OCH3 is 1. The van der Waals surface area contributed by atoms with E-state index in [4.69, 9.17) is 28.6 Å². The van der Waals surface area contributed by atoms with Crippen molar-refractivity contribution in [3.8, 4) is 0 Å². The molecule has 0 unspecified atom stereocenters. The highest BCUT2D eigenvalue weighted by atomic mass is 35.5. The van der Waals surface area contributed by atoms with Gasteiger partial charge in [-0.1, -0.05) is 18.5 Å². The molecule has 0 spiro atoms. The number of rotatable bonds is 7. The normalized spacial score (nSPS) is 11.0. The molecule has 0 fully saturated rings. The summed E-state index contributed by atoms with van der Waals surface area (Å²) in [5.74, 6) is -0.413. The van der Waals surface area contributed by atoms with Crippen molar-refractivity contribution in [3.63, 3.8) is 0 Å². The molecule has 9 nitrogen and oxygen atoms in total. The first-order chi connectivity index (χ1) is 15.2. The third kappa shape index (κ3) is 5.91. The number of sulfonamides is 1. The van der Waals surface area contributed by atoms with Gasteiger partial charge in [0.25, 0.3) is 10.0 Å². The molecule has 0 radical (unpaired) electrons. The third-order valence-corrected chi connectivity index (χ3v) is 7.03. The summed E-state index contributed by atoms with van der Waals surface area (Å²) in [5.41, 5.74) is 0.955. The fourth-order valence-electron chi connectivity index (χ4n) is 2.52. The summed E-state index contributed by atoms with van der Waals surface area (Å²) in [6.07, 6.45) is 0.766. The number of aromatic nitrogens is 2. The number of carbonyl (C=O) groups is 1. The summed E-state index contributed by atoms with van der Waals surface area (Å²) in [6, 6.07) is 10.5. The lowest BCUT2D eigenvalue weighted by molar-refractivity contribution is 0.0602. The van der Waals surface area contributed by atoms with Crippen LogP contribution in [0, 0.1) is 0 Å². The maximum absolute atomic E-state index is 12.5. The van der Waals surface area contributed by atoms with Gasteiger partial charge in [0, 0.05) is 10.6 Å². The van der Waals surface area contributed by atoms with Gasteiger partial charge in [0.05, 0.1) is 17.6 Å². The Bertz CT molecular complexity index is 1230. The molecule has 1 aromatic carbocycles. The number of thiophene rings is 1. The Morgan fingerprint density at radius 1 is 1.16 bits per heavy atom. The number of halogens is 1. The second-order valence-corrected chi connectivity index (χ2v) is 9.87. The molecular formula is C19H18ClN5O4S3. The van der Waals surface area contributed by atoms with Crippen molar-refractivity contribution >= 4 is 72.8 Å². The van der Waals surface area contributed by atoms with Crippen LogP contribution in [0.5, 0.6) is 0 Å². The lowest BCUT2D eigenvalue weighted by atomic mass is 10.2. The second kappa shape index (κ2) is 10.2. The quantitative estimate of drug-likeness (QED) is 0.317. The molecule has 3 rings (SSSR count). The summed E-state index contributed by atoms with van der Waals surface area (Å²) >= 11 is 12.4. The average Bonchev–Trinajstić information content (AvgIpc) is 3.17. The Labute approximate surface area is 199 Å². The van der Waals surface area contributed by atoms with Gasteiger partial charge in [-0.05, 0) is 61.1 Å². The van der Waals surface area contributed by atoms with Crippen LogP contribution in [0.25, 0.3) is 0 Å². The third-order valence-electron chi connectivity index (χ3n) is 4.06. The molecule has 0 bridgehead atoms. The number of nitrogens with one attached hydrogen (secondary N) is 3. The van der Waals surface area contributed by atoms with Crippen LogP contribution in [0.2, 0.25) is 5.15 Å². The smallest absolute Gasteiger partial charge is 0.340 e. The van der Waals surface area contributed by atoms with E-state index in [1.165, 1.54) is 42.7 Å². The number of carbonyl (C=O) groups excluding carboxylic acids is 1. The molecule has 0 aliphatic rings. The Morgan fingerprint density at radius 3 is 2.47 bits per heavy atom. The van der Waals surface area contributed by atoms with Crippen molar-refractivity contribution in [2.45, 2.75) is 18.2 Å². The van der Waals surface area contributed by atoms with Gasteiger partial charge in [-0.25, -0.2) is 13.2 Å². The van der Waals surface area contributed by atoms with Crippen molar-refractivity contribution in [2.24, 2.45) is 0 Å². The van der Waals surface area contributed by atoms with Crippen LogP contribution in [0.3, 0.4) is 0 Å². The SMILES string of the molecule is CCc1cc(C(=O)OC)c(NC(=S)Nc2ccc(S(=O)(=O)Nc3ccc(Cl)nn3)cc2)s1. The van der Waals surface area contributed by atoms with E-state index in [0.29, 0.717) is 16.3 Å². The highest BCUT2D eigenvalue weighted by Crippen LogP contribution is 2.29. The van der Waals surface area contributed by atoms with E-state index in [9.17, 15) is 13.2 Å². The number of ether oxygens (including phenoxy) is 1. The minimum Gasteiger partial charge on any atom is -0.465 e. The maximum atomic E-state index is 12.5. The monoisotopic (exact) mass is 511 g/mol. The molecule has 0 saturated heterocycles. The van der Waals surface area contributed by atoms with Crippen LogP contribution in [-0.2, 0) is 21.2 Å². The number of thiocarbonyl (C=S) groups is 1. The van der Waals surface area contributed by atoms with Gasteiger partial charge in [-0.15, -0.1) is 21.5 Å².